The average Bonchev–Trinajstić information content (AvgIpc) is 2.90. The Hall–Kier alpha value is -1.75. The Labute approximate surface area is 120 Å². The molecule has 0 radical (unpaired) electrons. The minimum Gasteiger partial charge on any atom is -0.490 e. The Balaban J connectivity index is 2.11. The van der Waals surface area contributed by atoms with Crippen LogP contribution in [0.1, 0.15) is 38.3 Å². The van der Waals surface area contributed by atoms with E-state index >= 15 is 0 Å². The molecule has 1 aliphatic heterocycles. The van der Waals surface area contributed by atoms with Gasteiger partial charge in [-0.05, 0) is 44.5 Å². The van der Waals surface area contributed by atoms with E-state index in [0.717, 1.165) is 35.6 Å². The van der Waals surface area contributed by atoms with Gasteiger partial charge in [-0.25, -0.2) is 0 Å². The maximum Gasteiger partial charge on any atom is 0.161 e. The van der Waals surface area contributed by atoms with Crippen molar-refractivity contribution in [2.75, 3.05) is 19.8 Å². The lowest BCUT2D eigenvalue weighted by Gasteiger charge is -2.15. The monoisotopic (exact) mass is 277 g/mol. The minimum atomic E-state index is 0.200. The summed E-state index contributed by atoms with van der Waals surface area (Å²) in [4.78, 5) is 0. The minimum absolute atomic E-state index is 0.200. The van der Waals surface area contributed by atoms with Crippen molar-refractivity contribution in [3.8, 4) is 11.5 Å². The van der Waals surface area contributed by atoms with Gasteiger partial charge in [-0.2, -0.15) is 5.10 Å². The predicted molar refractivity (Wildman–Crippen MR) is 80.4 cm³/mol. The summed E-state index contributed by atoms with van der Waals surface area (Å²) in [7, 11) is 0. The molecule has 0 fully saturated rings. The quantitative estimate of drug-likeness (QED) is 0.802. The third-order valence-electron chi connectivity index (χ3n) is 3.22. The van der Waals surface area contributed by atoms with E-state index in [1.54, 1.807) is 0 Å². The van der Waals surface area contributed by atoms with Gasteiger partial charge in [-0.15, -0.1) is 0 Å². The molecule has 1 aliphatic rings. The molecule has 5 heteroatoms. The summed E-state index contributed by atoms with van der Waals surface area (Å²) >= 11 is 0. The normalized spacial score (nSPS) is 17.6. The van der Waals surface area contributed by atoms with E-state index in [9.17, 15) is 0 Å². The smallest absolute Gasteiger partial charge is 0.161 e. The molecule has 0 saturated carbocycles. The van der Waals surface area contributed by atoms with Crippen LogP contribution in [0.3, 0.4) is 0 Å². The molecule has 0 spiro atoms. The summed E-state index contributed by atoms with van der Waals surface area (Å²) in [6, 6.07) is 6.26. The van der Waals surface area contributed by atoms with Gasteiger partial charge in [-0.3, -0.25) is 0 Å². The molecule has 20 heavy (non-hydrogen) atoms. The van der Waals surface area contributed by atoms with E-state index in [0.29, 0.717) is 19.8 Å². The molecule has 1 heterocycles. The van der Waals surface area contributed by atoms with Crippen molar-refractivity contribution in [1.82, 2.24) is 5.43 Å². The number of benzene rings is 1. The van der Waals surface area contributed by atoms with Crippen molar-refractivity contribution < 1.29 is 9.47 Å². The number of hydrogen-bond acceptors (Lipinski definition) is 5. The number of rotatable bonds is 7. The van der Waals surface area contributed by atoms with Crippen molar-refractivity contribution in [3.63, 3.8) is 0 Å². The van der Waals surface area contributed by atoms with Crippen LogP contribution in [0.15, 0.2) is 23.3 Å². The standard InChI is InChI=1S/C15H23N3O2/c1-3-19-14-6-5-11(9-15(14)20-4-2)13-10-12(7-8-16)17-18-13/h5-6,9,13,18H,3-4,7-8,10,16H2,1-2H3. The highest BCUT2D eigenvalue weighted by Gasteiger charge is 2.20. The molecule has 0 amide bonds. The fourth-order valence-electron chi connectivity index (χ4n) is 2.30. The van der Waals surface area contributed by atoms with Crippen molar-refractivity contribution in [2.24, 2.45) is 10.8 Å². The van der Waals surface area contributed by atoms with E-state index < -0.39 is 0 Å². The number of hydrogen-bond donors (Lipinski definition) is 2. The van der Waals surface area contributed by atoms with Gasteiger partial charge < -0.3 is 20.6 Å². The Kier molecular flexibility index (Phi) is 5.24. The summed E-state index contributed by atoms with van der Waals surface area (Å²) < 4.78 is 11.2. The van der Waals surface area contributed by atoms with Crippen LogP contribution in [0, 0.1) is 0 Å². The van der Waals surface area contributed by atoms with Gasteiger partial charge in [0, 0.05) is 12.1 Å². The Morgan fingerprint density at radius 1 is 1.25 bits per heavy atom. The summed E-state index contributed by atoms with van der Waals surface area (Å²) in [6.45, 7) is 5.83. The fraction of sp³-hybridized carbons (Fsp3) is 0.533. The van der Waals surface area contributed by atoms with E-state index in [2.05, 4.69) is 16.6 Å². The molecule has 1 unspecified atom stereocenters. The van der Waals surface area contributed by atoms with Crippen LogP contribution >= 0.6 is 0 Å². The van der Waals surface area contributed by atoms with Crippen LogP contribution in [-0.4, -0.2) is 25.5 Å². The van der Waals surface area contributed by atoms with Gasteiger partial charge in [0.05, 0.1) is 19.3 Å². The second kappa shape index (κ2) is 7.14. The lowest BCUT2D eigenvalue weighted by Crippen LogP contribution is -2.11. The van der Waals surface area contributed by atoms with Gasteiger partial charge >= 0.3 is 0 Å². The largest absolute Gasteiger partial charge is 0.490 e. The van der Waals surface area contributed by atoms with Gasteiger partial charge in [-0.1, -0.05) is 6.07 Å². The SMILES string of the molecule is CCOc1ccc(C2CC(CCN)=NN2)cc1OCC. The van der Waals surface area contributed by atoms with Crippen LogP contribution in [0.5, 0.6) is 11.5 Å². The molecule has 5 nitrogen and oxygen atoms in total. The molecule has 2 rings (SSSR count). The number of nitrogens with two attached hydrogens (primary N) is 1. The van der Waals surface area contributed by atoms with E-state index in [1.807, 2.05) is 26.0 Å². The zero-order valence-corrected chi connectivity index (χ0v) is 12.2. The fourth-order valence-corrected chi connectivity index (χ4v) is 2.30. The van der Waals surface area contributed by atoms with Crippen molar-refractivity contribution in [3.05, 3.63) is 23.8 Å². The van der Waals surface area contributed by atoms with Gasteiger partial charge in [0.1, 0.15) is 0 Å². The second-order valence-electron chi connectivity index (χ2n) is 4.67. The maximum absolute atomic E-state index is 5.65. The van der Waals surface area contributed by atoms with E-state index in [-0.39, 0.29) is 6.04 Å². The average molecular weight is 277 g/mol. The second-order valence-corrected chi connectivity index (χ2v) is 4.67. The molecule has 0 bridgehead atoms. The van der Waals surface area contributed by atoms with Gasteiger partial charge in [0.2, 0.25) is 0 Å². The molecule has 0 aliphatic carbocycles. The lowest BCUT2D eigenvalue weighted by molar-refractivity contribution is 0.287. The number of nitrogens with one attached hydrogen (secondary N) is 1. The molecule has 0 saturated heterocycles. The van der Waals surface area contributed by atoms with E-state index in [4.69, 9.17) is 15.2 Å². The number of hydrazone groups is 1. The lowest BCUT2D eigenvalue weighted by atomic mass is 10.0. The zero-order chi connectivity index (χ0) is 14.4. The topological polar surface area (TPSA) is 68.9 Å². The maximum atomic E-state index is 5.65. The van der Waals surface area contributed by atoms with Crippen molar-refractivity contribution >= 4 is 5.71 Å². The van der Waals surface area contributed by atoms with Crippen LogP contribution < -0.4 is 20.6 Å². The molecular formula is C15H23N3O2. The Bertz CT molecular complexity index is 474. The summed E-state index contributed by atoms with van der Waals surface area (Å²) in [6.07, 6.45) is 1.75. The molecule has 1 atom stereocenters. The number of nitrogens with zero attached hydrogens (tertiary/aromatic N) is 1. The van der Waals surface area contributed by atoms with Crippen LogP contribution in [0.25, 0.3) is 0 Å². The van der Waals surface area contributed by atoms with Crippen molar-refractivity contribution in [2.45, 2.75) is 32.7 Å². The van der Waals surface area contributed by atoms with Crippen LogP contribution in [0.4, 0.5) is 0 Å². The zero-order valence-electron chi connectivity index (χ0n) is 12.2. The van der Waals surface area contributed by atoms with Gasteiger partial charge in [0.15, 0.2) is 11.5 Å². The highest BCUT2D eigenvalue weighted by molar-refractivity contribution is 5.86. The summed E-state index contributed by atoms with van der Waals surface area (Å²) in [5.41, 5.74) is 11.0. The Morgan fingerprint density at radius 3 is 2.70 bits per heavy atom. The van der Waals surface area contributed by atoms with Crippen molar-refractivity contribution in [1.29, 1.82) is 0 Å². The molecule has 0 aromatic heterocycles. The first-order valence-electron chi connectivity index (χ1n) is 7.19. The molecule has 3 N–H and O–H groups in total. The third kappa shape index (κ3) is 3.42. The predicted octanol–water partition coefficient (Wildman–Crippen LogP) is 2.22. The van der Waals surface area contributed by atoms with E-state index in [1.165, 1.54) is 0 Å². The summed E-state index contributed by atoms with van der Waals surface area (Å²) in [5, 5.41) is 4.33. The molecule has 1 aromatic carbocycles. The first kappa shape index (κ1) is 14.7. The first-order valence-corrected chi connectivity index (χ1v) is 7.19. The molecule has 110 valence electrons. The molecular weight excluding hydrogens is 254 g/mol. The first-order chi connectivity index (χ1) is 9.78. The highest BCUT2D eigenvalue weighted by Crippen LogP contribution is 2.33. The molecule has 1 aromatic rings. The van der Waals surface area contributed by atoms with Crippen LogP contribution in [-0.2, 0) is 0 Å². The Morgan fingerprint density at radius 2 is 2.00 bits per heavy atom. The third-order valence-corrected chi connectivity index (χ3v) is 3.22. The highest BCUT2D eigenvalue weighted by atomic mass is 16.5. The number of ether oxygens (including phenoxy) is 2. The van der Waals surface area contributed by atoms with Gasteiger partial charge in [0.25, 0.3) is 0 Å². The summed E-state index contributed by atoms with van der Waals surface area (Å²) in [5.74, 6) is 1.58. The van der Waals surface area contributed by atoms with Crippen LogP contribution in [0.2, 0.25) is 0 Å².